The van der Waals surface area contributed by atoms with E-state index in [4.69, 9.17) is 0 Å². The Balaban J connectivity index is 0.00000147. The van der Waals surface area contributed by atoms with Crippen LogP contribution in [0.25, 0.3) is 0 Å². The van der Waals surface area contributed by atoms with Crippen LogP contribution in [0.15, 0.2) is 30.3 Å². The van der Waals surface area contributed by atoms with E-state index in [-0.39, 0.29) is 28.3 Å². The molecule has 2 heteroatoms. The Labute approximate surface area is 139 Å². The largest absolute Gasteiger partial charge is 2.00 e. The van der Waals surface area contributed by atoms with E-state index in [9.17, 15) is 0 Å². The van der Waals surface area contributed by atoms with Crippen molar-refractivity contribution >= 4 is 13.2 Å². The van der Waals surface area contributed by atoms with Gasteiger partial charge in [-0.15, -0.1) is 0 Å². The van der Waals surface area contributed by atoms with Crippen molar-refractivity contribution in [3.8, 4) is 0 Å². The molecule has 3 rings (SSSR count). The fourth-order valence-corrected chi connectivity index (χ4v) is 7.84. The molecule has 1 aromatic carbocycles. The standard InChI is InChI=1S/C18H27P.Pd/c1-4-10-16(11-5-1)19(17-12-6-2-7-13-17)18-14-8-3-9-15-18;/h1,4-5,10-11,17-18H,2-3,6-9,12-15H2;/q;+2. The first-order valence-corrected chi connectivity index (χ1v) is 9.76. The van der Waals surface area contributed by atoms with Gasteiger partial charge in [-0.05, 0) is 42.3 Å². The van der Waals surface area contributed by atoms with Crippen molar-refractivity contribution in [2.45, 2.75) is 75.5 Å². The summed E-state index contributed by atoms with van der Waals surface area (Å²) >= 11 is 0. The van der Waals surface area contributed by atoms with Gasteiger partial charge >= 0.3 is 20.4 Å². The summed E-state index contributed by atoms with van der Waals surface area (Å²) in [5.74, 6) is 0. The van der Waals surface area contributed by atoms with Crippen molar-refractivity contribution in [1.82, 2.24) is 0 Å². The van der Waals surface area contributed by atoms with Crippen LogP contribution >= 0.6 is 7.92 Å². The number of benzene rings is 1. The topological polar surface area (TPSA) is 0 Å². The molecule has 0 N–H and O–H groups in total. The molecule has 0 radical (unpaired) electrons. The van der Waals surface area contributed by atoms with Gasteiger partial charge in [0.05, 0.1) is 0 Å². The molecule has 0 heterocycles. The molecular formula is C18H27PPd+2. The molecule has 0 unspecified atom stereocenters. The van der Waals surface area contributed by atoms with Crippen LogP contribution in [0.5, 0.6) is 0 Å². The Morgan fingerprint density at radius 2 is 1.10 bits per heavy atom. The molecule has 0 aliphatic heterocycles. The summed E-state index contributed by atoms with van der Waals surface area (Å²) in [4.78, 5) is 0. The van der Waals surface area contributed by atoms with Crippen LogP contribution in [0.1, 0.15) is 64.2 Å². The molecule has 2 fully saturated rings. The van der Waals surface area contributed by atoms with Gasteiger partial charge in [0.25, 0.3) is 0 Å². The third-order valence-corrected chi connectivity index (χ3v) is 8.49. The fraction of sp³-hybridized carbons (Fsp3) is 0.667. The predicted octanol–water partition coefficient (Wildman–Crippen LogP) is 5.46. The van der Waals surface area contributed by atoms with Gasteiger partial charge in [-0.25, -0.2) is 0 Å². The Hall–Kier alpha value is 0.312. The molecule has 0 atom stereocenters. The van der Waals surface area contributed by atoms with E-state index in [0.717, 1.165) is 11.3 Å². The van der Waals surface area contributed by atoms with Crippen LogP contribution in [-0.2, 0) is 20.4 Å². The van der Waals surface area contributed by atoms with Crippen LogP contribution in [0.3, 0.4) is 0 Å². The molecule has 0 nitrogen and oxygen atoms in total. The predicted molar refractivity (Wildman–Crippen MR) is 86.7 cm³/mol. The average molecular weight is 381 g/mol. The van der Waals surface area contributed by atoms with Crippen LogP contribution in [0.4, 0.5) is 0 Å². The maximum atomic E-state index is 2.43. The molecule has 1 aromatic rings. The van der Waals surface area contributed by atoms with E-state index in [2.05, 4.69) is 30.3 Å². The Morgan fingerprint density at radius 3 is 1.55 bits per heavy atom. The van der Waals surface area contributed by atoms with Gasteiger partial charge in [-0.1, -0.05) is 76.8 Å². The first kappa shape index (κ1) is 16.7. The number of rotatable bonds is 3. The summed E-state index contributed by atoms with van der Waals surface area (Å²) < 4.78 is 0. The number of hydrogen-bond acceptors (Lipinski definition) is 0. The molecule has 2 aliphatic carbocycles. The minimum Gasteiger partial charge on any atom is -0.0690 e. The van der Waals surface area contributed by atoms with Crippen molar-refractivity contribution in [1.29, 1.82) is 0 Å². The van der Waals surface area contributed by atoms with E-state index in [1.54, 1.807) is 5.30 Å². The van der Waals surface area contributed by atoms with Crippen molar-refractivity contribution in [2.75, 3.05) is 0 Å². The average Bonchev–Trinajstić information content (AvgIpc) is 2.51. The van der Waals surface area contributed by atoms with Crippen molar-refractivity contribution in [3.63, 3.8) is 0 Å². The Morgan fingerprint density at radius 1 is 0.650 bits per heavy atom. The third kappa shape index (κ3) is 4.16. The molecule has 0 aromatic heterocycles. The molecule has 2 saturated carbocycles. The van der Waals surface area contributed by atoms with Crippen LogP contribution in [0, 0.1) is 0 Å². The maximum absolute atomic E-state index is 2.43. The fourth-order valence-electron chi connectivity index (χ4n) is 4.04. The van der Waals surface area contributed by atoms with Gasteiger partial charge in [0.1, 0.15) is 0 Å². The quantitative estimate of drug-likeness (QED) is 0.482. The Bertz CT molecular complexity index is 348. The smallest absolute Gasteiger partial charge is 0.0690 e. The second kappa shape index (κ2) is 8.68. The van der Waals surface area contributed by atoms with Crippen molar-refractivity contribution in [3.05, 3.63) is 30.3 Å². The zero-order valence-corrected chi connectivity index (χ0v) is 14.8. The molecular weight excluding hydrogens is 354 g/mol. The maximum Gasteiger partial charge on any atom is 2.00 e. The van der Waals surface area contributed by atoms with E-state index in [1.165, 1.54) is 64.2 Å². The van der Waals surface area contributed by atoms with E-state index < -0.39 is 0 Å². The second-order valence-electron chi connectivity index (χ2n) is 6.33. The molecule has 20 heavy (non-hydrogen) atoms. The molecule has 0 spiro atoms. The molecule has 112 valence electrons. The van der Waals surface area contributed by atoms with Crippen LogP contribution in [-0.4, -0.2) is 11.3 Å². The zero-order chi connectivity index (χ0) is 12.9. The number of hydrogen-bond donors (Lipinski definition) is 0. The molecule has 0 amide bonds. The summed E-state index contributed by atoms with van der Waals surface area (Å²) in [5.41, 5.74) is 2.07. The van der Waals surface area contributed by atoms with Gasteiger partial charge in [0, 0.05) is 0 Å². The van der Waals surface area contributed by atoms with Crippen molar-refractivity contribution in [2.24, 2.45) is 0 Å². The SMILES string of the molecule is [Pd+2].c1ccc(P(C2CCCCC2)C2CCCCC2)cc1. The van der Waals surface area contributed by atoms with Gasteiger partial charge in [0.2, 0.25) is 0 Å². The summed E-state index contributed by atoms with van der Waals surface area (Å²) in [7, 11) is 0.108. The van der Waals surface area contributed by atoms with E-state index >= 15 is 0 Å². The zero-order valence-electron chi connectivity index (χ0n) is 12.4. The van der Waals surface area contributed by atoms with Crippen LogP contribution in [0.2, 0.25) is 0 Å². The van der Waals surface area contributed by atoms with E-state index in [1.807, 2.05) is 0 Å². The first-order chi connectivity index (χ1) is 9.45. The van der Waals surface area contributed by atoms with E-state index in [0.29, 0.717) is 0 Å². The van der Waals surface area contributed by atoms with Crippen molar-refractivity contribution < 1.29 is 20.4 Å². The second-order valence-corrected chi connectivity index (χ2v) is 9.12. The first-order valence-electron chi connectivity index (χ1n) is 8.28. The summed E-state index contributed by atoms with van der Waals surface area (Å²) in [5, 5.41) is 1.70. The van der Waals surface area contributed by atoms with Gasteiger partial charge < -0.3 is 0 Å². The minimum absolute atomic E-state index is 0. The Kier molecular flexibility index (Phi) is 7.24. The third-order valence-electron chi connectivity index (χ3n) is 4.99. The van der Waals surface area contributed by atoms with Crippen LogP contribution < -0.4 is 5.30 Å². The summed E-state index contributed by atoms with van der Waals surface area (Å²) in [6.07, 6.45) is 15.0. The monoisotopic (exact) mass is 380 g/mol. The summed E-state index contributed by atoms with van der Waals surface area (Å²) in [6.45, 7) is 0. The minimum atomic E-state index is 0. The molecule has 0 saturated heterocycles. The summed E-state index contributed by atoms with van der Waals surface area (Å²) in [6, 6.07) is 11.6. The molecule has 0 bridgehead atoms. The van der Waals surface area contributed by atoms with Gasteiger partial charge in [-0.3, -0.25) is 0 Å². The molecule has 2 aliphatic rings. The van der Waals surface area contributed by atoms with Gasteiger partial charge in [-0.2, -0.15) is 0 Å². The normalized spacial score (nSPS) is 21.6. The van der Waals surface area contributed by atoms with Gasteiger partial charge in [0.15, 0.2) is 0 Å².